The van der Waals surface area contributed by atoms with Gasteiger partial charge in [0.2, 0.25) is 5.91 Å². The summed E-state index contributed by atoms with van der Waals surface area (Å²) in [6, 6.07) is 14.9. The summed E-state index contributed by atoms with van der Waals surface area (Å²) in [5.74, 6) is -0.0732. The molecule has 142 valence electrons. The van der Waals surface area contributed by atoms with Gasteiger partial charge < -0.3 is 5.32 Å². The third kappa shape index (κ3) is 5.63. The highest BCUT2D eigenvalue weighted by Crippen LogP contribution is 2.18. The Bertz CT molecular complexity index is 817. The zero-order chi connectivity index (χ0) is 19.2. The SMILES string of the molecule is CC(=O)c1cccc(NC(=O)CN2CCN(Cc3ccccc3Cl)CC2)c1. The van der Waals surface area contributed by atoms with Crippen LogP contribution in [0.4, 0.5) is 5.69 Å². The van der Waals surface area contributed by atoms with Gasteiger partial charge in [-0.3, -0.25) is 19.4 Å². The Balaban J connectivity index is 1.46. The molecule has 0 bridgehead atoms. The van der Waals surface area contributed by atoms with Crippen molar-refractivity contribution in [3.8, 4) is 0 Å². The molecule has 0 saturated carbocycles. The van der Waals surface area contributed by atoms with Gasteiger partial charge in [0.25, 0.3) is 0 Å². The first kappa shape index (κ1) is 19.5. The van der Waals surface area contributed by atoms with Gasteiger partial charge in [-0.05, 0) is 30.7 Å². The molecule has 27 heavy (non-hydrogen) atoms. The number of halogens is 1. The minimum Gasteiger partial charge on any atom is -0.325 e. The maximum absolute atomic E-state index is 12.3. The molecule has 1 aliphatic rings. The molecule has 0 radical (unpaired) electrons. The fourth-order valence-corrected chi connectivity index (χ4v) is 3.39. The normalized spacial score (nSPS) is 15.5. The summed E-state index contributed by atoms with van der Waals surface area (Å²) in [6.07, 6.45) is 0. The second kappa shape index (κ2) is 9.13. The summed E-state index contributed by atoms with van der Waals surface area (Å²) in [7, 11) is 0. The molecule has 1 amide bonds. The summed E-state index contributed by atoms with van der Waals surface area (Å²) in [5.41, 5.74) is 2.39. The van der Waals surface area contributed by atoms with Crippen LogP contribution in [0.25, 0.3) is 0 Å². The van der Waals surface area contributed by atoms with Crippen molar-refractivity contribution in [1.29, 1.82) is 0 Å². The summed E-state index contributed by atoms with van der Waals surface area (Å²) in [6.45, 7) is 6.18. The van der Waals surface area contributed by atoms with Gasteiger partial charge in [0, 0.05) is 49.0 Å². The molecule has 0 unspecified atom stereocenters. The number of benzene rings is 2. The van der Waals surface area contributed by atoms with Crippen LogP contribution in [0.2, 0.25) is 5.02 Å². The number of amides is 1. The molecule has 2 aromatic rings. The highest BCUT2D eigenvalue weighted by Gasteiger charge is 2.19. The Morgan fingerprint density at radius 2 is 1.70 bits per heavy atom. The van der Waals surface area contributed by atoms with Crippen LogP contribution in [-0.4, -0.2) is 54.2 Å². The minimum absolute atomic E-state index is 0.0132. The zero-order valence-electron chi connectivity index (χ0n) is 15.5. The van der Waals surface area contributed by atoms with Gasteiger partial charge in [-0.1, -0.05) is 41.9 Å². The van der Waals surface area contributed by atoms with Gasteiger partial charge in [0.05, 0.1) is 6.54 Å². The predicted octanol–water partition coefficient (Wildman–Crippen LogP) is 3.30. The molecule has 0 atom stereocenters. The lowest BCUT2D eigenvalue weighted by molar-refractivity contribution is -0.117. The fourth-order valence-electron chi connectivity index (χ4n) is 3.19. The quantitative estimate of drug-likeness (QED) is 0.775. The number of Topliss-reactive ketones (excluding diaryl/α,β-unsaturated/α-hetero) is 1. The van der Waals surface area contributed by atoms with Crippen LogP contribution < -0.4 is 5.32 Å². The van der Waals surface area contributed by atoms with E-state index in [4.69, 9.17) is 11.6 Å². The fraction of sp³-hybridized carbons (Fsp3) is 0.333. The number of carbonyl (C=O) groups excluding carboxylic acids is 2. The molecule has 1 saturated heterocycles. The average molecular weight is 386 g/mol. The number of hydrogen-bond donors (Lipinski definition) is 1. The van der Waals surface area contributed by atoms with E-state index in [1.807, 2.05) is 18.2 Å². The molecule has 0 aromatic heterocycles. The first-order valence-corrected chi connectivity index (χ1v) is 9.48. The second-order valence-electron chi connectivity index (χ2n) is 6.83. The number of anilines is 1. The number of ketones is 1. The molecule has 0 aliphatic carbocycles. The average Bonchev–Trinajstić information content (AvgIpc) is 2.65. The van der Waals surface area contributed by atoms with Gasteiger partial charge in [-0.2, -0.15) is 0 Å². The number of nitrogens with one attached hydrogen (secondary N) is 1. The smallest absolute Gasteiger partial charge is 0.238 e. The van der Waals surface area contributed by atoms with Crippen molar-refractivity contribution in [3.05, 3.63) is 64.7 Å². The lowest BCUT2D eigenvalue weighted by Crippen LogP contribution is -2.48. The van der Waals surface area contributed by atoms with Gasteiger partial charge in [-0.15, -0.1) is 0 Å². The first-order valence-electron chi connectivity index (χ1n) is 9.10. The van der Waals surface area contributed by atoms with Crippen molar-refractivity contribution in [1.82, 2.24) is 9.80 Å². The molecular weight excluding hydrogens is 362 g/mol. The van der Waals surface area contributed by atoms with Crippen molar-refractivity contribution < 1.29 is 9.59 Å². The van der Waals surface area contributed by atoms with E-state index in [9.17, 15) is 9.59 Å². The lowest BCUT2D eigenvalue weighted by Gasteiger charge is -2.34. The predicted molar refractivity (Wildman–Crippen MR) is 108 cm³/mol. The van der Waals surface area contributed by atoms with Crippen LogP contribution >= 0.6 is 11.6 Å². The van der Waals surface area contributed by atoms with E-state index >= 15 is 0 Å². The van der Waals surface area contributed by atoms with Crippen LogP contribution in [0.1, 0.15) is 22.8 Å². The zero-order valence-corrected chi connectivity index (χ0v) is 16.2. The Morgan fingerprint density at radius 1 is 1.00 bits per heavy atom. The van der Waals surface area contributed by atoms with E-state index in [0.29, 0.717) is 17.8 Å². The maximum atomic E-state index is 12.3. The summed E-state index contributed by atoms with van der Waals surface area (Å²) >= 11 is 6.24. The molecular formula is C21H24ClN3O2. The number of rotatable bonds is 6. The minimum atomic E-state index is -0.0599. The number of piperazine rings is 1. The molecule has 0 spiro atoms. The Kier molecular flexibility index (Phi) is 6.61. The molecule has 6 heteroatoms. The van der Waals surface area contributed by atoms with Crippen LogP contribution in [0.3, 0.4) is 0 Å². The van der Waals surface area contributed by atoms with Crippen molar-refractivity contribution in [3.63, 3.8) is 0 Å². The van der Waals surface area contributed by atoms with Gasteiger partial charge in [0.15, 0.2) is 5.78 Å². The molecule has 1 fully saturated rings. The summed E-state index contributed by atoms with van der Waals surface area (Å²) in [4.78, 5) is 28.3. The molecule has 1 heterocycles. The van der Waals surface area contributed by atoms with Gasteiger partial charge in [0.1, 0.15) is 0 Å². The number of hydrogen-bond acceptors (Lipinski definition) is 4. The van der Waals surface area contributed by atoms with Crippen LogP contribution in [0, 0.1) is 0 Å². The van der Waals surface area contributed by atoms with Gasteiger partial charge in [-0.25, -0.2) is 0 Å². The Hall–Kier alpha value is -2.21. The Morgan fingerprint density at radius 3 is 2.41 bits per heavy atom. The highest BCUT2D eigenvalue weighted by molar-refractivity contribution is 6.31. The van der Waals surface area contributed by atoms with Crippen molar-refractivity contribution >= 4 is 29.0 Å². The standard InChI is InChI=1S/C21H24ClN3O2/c1-16(26)17-6-4-7-19(13-17)23-21(27)15-25-11-9-24(10-12-25)14-18-5-2-3-8-20(18)22/h2-8,13H,9-12,14-15H2,1H3,(H,23,27). The van der Waals surface area contributed by atoms with Gasteiger partial charge >= 0.3 is 0 Å². The van der Waals surface area contributed by atoms with E-state index in [2.05, 4.69) is 21.2 Å². The van der Waals surface area contributed by atoms with Crippen LogP contribution in [0.15, 0.2) is 48.5 Å². The molecule has 3 rings (SSSR count). The summed E-state index contributed by atoms with van der Waals surface area (Å²) < 4.78 is 0. The third-order valence-corrected chi connectivity index (χ3v) is 5.11. The molecule has 1 N–H and O–H groups in total. The molecule has 2 aromatic carbocycles. The number of nitrogens with zero attached hydrogens (tertiary/aromatic N) is 2. The van der Waals surface area contributed by atoms with E-state index in [1.165, 1.54) is 6.92 Å². The molecule has 5 nitrogen and oxygen atoms in total. The van der Waals surface area contributed by atoms with Crippen LogP contribution in [-0.2, 0) is 11.3 Å². The van der Waals surface area contributed by atoms with Crippen molar-refractivity contribution in [2.45, 2.75) is 13.5 Å². The van der Waals surface area contributed by atoms with Crippen molar-refractivity contribution in [2.24, 2.45) is 0 Å². The van der Waals surface area contributed by atoms with E-state index < -0.39 is 0 Å². The van der Waals surface area contributed by atoms with E-state index in [-0.39, 0.29) is 11.7 Å². The lowest BCUT2D eigenvalue weighted by atomic mass is 10.1. The highest BCUT2D eigenvalue weighted by atomic mass is 35.5. The number of carbonyl (C=O) groups is 2. The molecule has 1 aliphatic heterocycles. The van der Waals surface area contributed by atoms with Crippen LogP contribution in [0.5, 0.6) is 0 Å². The Labute approximate surface area is 164 Å². The van der Waals surface area contributed by atoms with Crippen molar-refractivity contribution in [2.75, 3.05) is 38.0 Å². The summed E-state index contributed by atoms with van der Waals surface area (Å²) in [5, 5.41) is 3.68. The topological polar surface area (TPSA) is 52.7 Å². The third-order valence-electron chi connectivity index (χ3n) is 4.74. The van der Waals surface area contributed by atoms with E-state index in [0.717, 1.165) is 43.3 Å². The maximum Gasteiger partial charge on any atom is 0.238 e. The largest absolute Gasteiger partial charge is 0.325 e. The monoisotopic (exact) mass is 385 g/mol. The first-order chi connectivity index (χ1) is 13.0. The second-order valence-corrected chi connectivity index (χ2v) is 7.24. The van der Waals surface area contributed by atoms with E-state index in [1.54, 1.807) is 24.3 Å².